The van der Waals surface area contributed by atoms with Crippen molar-refractivity contribution in [3.05, 3.63) is 253 Å². The number of aromatic nitrogens is 4. The Morgan fingerprint density at radius 3 is 1.30 bits per heavy atom. The van der Waals surface area contributed by atoms with Crippen molar-refractivity contribution in [1.82, 2.24) is 19.1 Å². The molecule has 0 fully saturated rings. The molecule has 13 aromatic rings. The number of rotatable bonds is 8. The lowest BCUT2D eigenvalue weighted by molar-refractivity contribution is 1.15. The molecule has 13 rings (SSSR count). The molecule has 8 heteroatoms. The first kappa shape index (κ1) is 44.8. The van der Waals surface area contributed by atoms with E-state index in [1.807, 2.05) is 72.8 Å². The third-order valence-electron chi connectivity index (χ3n) is 14.3. The topological polar surface area (TPSA) is 131 Å². The van der Waals surface area contributed by atoms with Gasteiger partial charge in [-0.1, -0.05) is 152 Å². The molecule has 0 spiro atoms. The average molecular weight is 967 g/mol. The Kier molecular flexibility index (Phi) is 10.9. The highest BCUT2D eigenvalue weighted by molar-refractivity contribution is 6.13. The first-order chi connectivity index (χ1) is 37.5. The van der Waals surface area contributed by atoms with Gasteiger partial charge in [0.1, 0.15) is 0 Å². The molecule has 0 N–H and O–H groups in total. The van der Waals surface area contributed by atoms with E-state index >= 15 is 0 Å². The standard InChI is InChI=1S/C68H38N8/c69-39-43-23-28-52(50(33-43)41-71)47-26-31-65-58(35-47)59-36-48(53-29-24-44(40-70)34-51(53)42-72)27-32-66(59)76(65)67-37-49(61-38-60(45-13-3-1-4-14-45)73-68(74-61)46-15-5-2-6-16-46)25-30-57(67)56-19-9-12-22-64(56)75-62-20-10-7-17-54(62)55-18-8-11-21-63(55)75/h1-38H. The monoisotopic (exact) mass is 966 g/mol. The van der Waals surface area contributed by atoms with Crippen LogP contribution in [0.3, 0.4) is 0 Å². The predicted molar refractivity (Wildman–Crippen MR) is 302 cm³/mol. The van der Waals surface area contributed by atoms with Crippen molar-refractivity contribution >= 4 is 43.6 Å². The molecule has 0 saturated heterocycles. The van der Waals surface area contributed by atoms with Gasteiger partial charge in [0.05, 0.1) is 91.4 Å². The van der Waals surface area contributed by atoms with Crippen LogP contribution < -0.4 is 0 Å². The molecule has 0 atom stereocenters. The van der Waals surface area contributed by atoms with Gasteiger partial charge < -0.3 is 9.13 Å². The minimum absolute atomic E-state index is 0.394. The fourth-order valence-electron chi connectivity index (χ4n) is 10.8. The van der Waals surface area contributed by atoms with Crippen LogP contribution in [0.4, 0.5) is 0 Å². The van der Waals surface area contributed by atoms with Crippen LogP contribution in [0.1, 0.15) is 22.3 Å². The molecule has 0 amide bonds. The molecule has 0 bridgehead atoms. The molecule has 8 nitrogen and oxygen atoms in total. The van der Waals surface area contributed by atoms with Crippen LogP contribution in [0, 0.1) is 45.3 Å². The minimum atomic E-state index is 0.394. The molecular formula is C68H38N8. The Morgan fingerprint density at radius 1 is 0.289 bits per heavy atom. The van der Waals surface area contributed by atoms with Crippen molar-refractivity contribution in [2.45, 2.75) is 0 Å². The lowest BCUT2D eigenvalue weighted by Crippen LogP contribution is -2.02. The van der Waals surface area contributed by atoms with Gasteiger partial charge in [0.15, 0.2) is 5.82 Å². The second-order valence-corrected chi connectivity index (χ2v) is 18.6. The summed E-state index contributed by atoms with van der Waals surface area (Å²) in [6.45, 7) is 0. The summed E-state index contributed by atoms with van der Waals surface area (Å²) >= 11 is 0. The molecule has 0 saturated carbocycles. The van der Waals surface area contributed by atoms with E-state index in [0.29, 0.717) is 39.2 Å². The fourth-order valence-corrected chi connectivity index (χ4v) is 10.8. The van der Waals surface area contributed by atoms with E-state index < -0.39 is 0 Å². The maximum atomic E-state index is 10.4. The maximum absolute atomic E-state index is 10.4. The molecule has 350 valence electrons. The van der Waals surface area contributed by atoms with Crippen molar-refractivity contribution in [2.24, 2.45) is 0 Å². The number of para-hydroxylation sites is 3. The Balaban J connectivity index is 1.13. The highest BCUT2D eigenvalue weighted by Gasteiger charge is 2.23. The van der Waals surface area contributed by atoms with Gasteiger partial charge in [-0.2, -0.15) is 21.0 Å². The highest BCUT2D eigenvalue weighted by atomic mass is 15.0. The van der Waals surface area contributed by atoms with Crippen LogP contribution in [-0.2, 0) is 0 Å². The third-order valence-corrected chi connectivity index (χ3v) is 14.3. The molecule has 3 aromatic heterocycles. The van der Waals surface area contributed by atoms with E-state index in [0.717, 1.165) is 105 Å². The van der Waals surface area contributed by atoms with E-state index in [4.69, 9.17) is 9.97 Å². The zero-order chi connectivity index (χ0) is 51.3. The molecular weight excluding hydrogens is 929 g/mol. The molecule has 0 aliphatic carbocycles. The summed E-state index contributed by atoms with van der Waals surface area (Å²) in [6.07, 6.45) is 0. The lowest BCUT2D eigenvalue weighted by atomic mass is 9.95. The van der Waals surface area contributed by atoms with Gasteiger partial charge in [-0.3, -0.25) is 0 Å². The fraction of sp³-hybridized carbons (Fsp3) is 0. The summed E-state index contributed by atoms with van der Waals surface area (Å²) in [6, 6.07) is 86.4. The first-order valence-electron chi connectivity index (χ1n) is 24.7. The maximum Gasteiger partial charge on any atom is 0.160 e. The Hall–Kier alpha value is -11.2. The zero-order valence-electron chi connectivity index (χ0n) is 40.5. The first-order valence-corrected chi connectivity index (χ1v) is 24.7. The number of nitrogens with zero attached hydrogens (tertiary/aromatic N) is 8. The smallest absolute Gasteiger partial charge is 0.160 e. The van der Waals surface area contributed by atoms with E-state index in [1.165, 1.54) is 0 Å². The molecule has 0 aliphatic heterocycles. The van der Waals surface area contributed by atoms with Crippen LogP contribution in [-0.4, -0.2) is 19.1 Å². The SMILES string of the molecule is N#Cc1ccc(-c2ccc3c(c2)c2cc(-c4ccc(C#N)cc4C#N)ccc2n3-c2cc(-c3cc(-c4ccccc4)nc(-c4ccccc4)n3)ccc2-c2ccccc2-n2c3ccccc3c3ccccc32)c(C#N)c1. The molecule has 10 aromatic carbocycles. The van der Waals surface area contributed by atoms with Crippen molar-refractivity contribution in [3.63, 3.8) is 0 Å². The van der Waals surface area contributed by atoms with E-state index in [9.17, 15) is 21.0 Å². The number of benzene rings is 10. The number of nitriles is 4. The zero-order valence-corrected chi connectivity index (χ0v) is 40.5. The van der Waals surface area contributed by atoms with E-state index in [-0.39, 0.29) is 0 Å². The van der Waals surface area contributed by atoms with Crippen molar-refractivity contribution in [2.75, 3.05) is 0 Å². The van der Waals surface area contributed by atoms with Crippen LogP contribution >= 0.6 is 0 Å². The number of hydrogen-bond acceptors (Lipinski definition) is 6. The van der Waals surface area contributed by atoms with Gasteiger partial charge in [0.25, 0.3) is 0 Å². The van der Waals surface area contributed by atoms with Gasteiger partial charge in [0.2, 0.25) is 0 Å². The molecule has 0 radical (unpaired) electrons. The van der Waals surface area contributed by atoms with Crippen molar-refractivity contribution in [1.29, 1.82) is 21.0 Å². The Bertz CT molecular complexity index is 4450. The van der Waals surface area contributed by atoms with Gasteiger partial charge in [-0.15, -0.1) is 0 Å². The summed E-state index contributed by atoms with van der Waals surface area (Å²) in [4.78, 5) is 10.4. The number of hydrogen-bond donors (Lipinski definition) is 0. The van der Waals surface area contributed by atoms with E-state index in [1.54, 1.807) is 24.3 Å². The lowest BCUT2D eigenvalue weighted by Gasteiger charge is -2.20. The van der Waals surface area contributed by atoms with Gasteiger partial charge in [-0.25, -0.2) is 9.97 Å². The molecule has 0 aliphatic rings. The summed E-state index contributed by atoms with van der Waals surface area (Å²) in [7, 11) is 0. The van der Waals surface area contributed by atoms with Gasteiger partial charge >= 0.3 is 0 Å². The minimum Gasteiger partial charge on any atom is -0.309 e. The third kappa shape index (κ3) is 7.51. The highest BCUT2D eigenvalue weighted by Crippen LogP contribution is 2.44. The normalized spacial score (nSPS) is 11.1. The van der Waals surface area contributed by atoms with Gasteiger partial charge in [0, 0.05) is 49.4 Å². The average Bonchev–Trinajstić information content (AvgIpc) is 4.01. The molecule has 3 heterocycles. The summed E-state index contributed by atoms with van der Waals surface area (Å²) in [5.41, 5.74) is 16.7. The van der Waals surface area contributed by atoms with Crippen LogP contribution in [0.25, 0.3) is 122 Å². The second kappa shape index (κ2) is 18.5. The van der Waals surface area contributed by atoms with Crippen LogP contribution in [0.15, 0.2) is 231 Å². The second-order valence-electron chi connectivity index (χ2n) is 18.6. The molecule has 0 unspecified atom stereocenters. The van der Waals surface area contributed by atoms with Gasteiger partial charge in [-0.05, 0) is 101 Å². The van der Waals surface area contributed by atoms with E-state index in [2.05, 4.69) is 167 Å². The Morgan fingerprint density at radius 2 is 0.737 bits per heavy atom. The molecule has 76 heavy (non-hydrogen) atoms. The summed E-state index contributed by atoms with van der Waals surface area (Å²) < 4.78 is 4.67. The van der Waals surface area contributed by atoms with Crippen molar-refractivity contribution in [3.8, 4) is 103 Å². The Labute approximate surface area is 437 Å². The predicted octanol–water partition coefficient (Wildman–Crippen LogP) is 16.2. The summed E-state index contributed by atoms with van der Waals surface area (Å²) in [5.74, 6) is 0.607. The number of fused-ring (bicyclic) bond motifs is 6. The quantitative estimate of drug-likeness (QED) is 0.149. The largest absolute Gasteiger partial charge is 0.309 e. The van der Waals surface area contributed by atoms with Crippen LogP contribution in [0.5, 0.6) is 0 Å². The van der Waals surface area contributed by atoms with Crippen LogP contribution in [0.2, 0.25) is 0 Å². The van der Waals surface area contributed by atoms with Crippen molar-refractivity contribution < 1.29 is 0 Å². The summed E-state index contributed by atoms with van der Waals surface area (Å²) in [5, 5.41) is 44.4.